The molecule has 5 nitrogen and oxygen atoms in total. The molecule has 0 bridgehead atoms. The second kappa shape index (κ2) is 8.15. The molecule has 0 saturated heterocycles. The zero-order valence-electron chi connectivity index (χ0n) is 15.4. The maximum Gasteiger partial charge on any atom is 0.235 e. The monoisotopic (exact) mass is 400 g/mol. The third-order valence-corrected chi connectivity index (χ3v) is 5.06. The Bertz CT molecular complexity index is 917. The highest BCUT2D eigenvalue weighted by molar-refractivity contribution is 8.00. The quantitative estimate of drug-likeness (QED) is 0.615. The highest BCUT2D eigenvalue weighted by Gasteiger charge is 2.21. The average molecular weight is 401 g/mol. The topological polar surface area (TPSA) is 59.8 Å². The number of hydrogen-bond acceptors (Lipinski definition) is 4. The van der Waals surface area contributed by atoms with Gasteiger partial charge in [0, 0.05) is 27.6 Å². The molecule has 0 saturated carbocycles. The van der Waals surface area contributed by atoms with Crippen LogP contribution in [0.25, 0.3) is 5.82 Å². The lowest BCUT2D eigenvalue weighted by atomic mass is 9.92. The van der Waals surface area contributed by atoms with Gasteiger partial charge in [-0.3, -0.25) is 4.79 Å². The number of carbonyl (C=O) groups is 1. The highest BCUT2D eigenvalue weighted by atomic mass is 35.5. The van der Waals surface area contributed by atoms with Crippen LogP contribution < -0.4 is 5.32 Å². The number of anilines is 1. The molecule has 0 fully saturated rings. The molecule has 1 N–H and O–H groups in total. The fourth-order valence-electron chi connectivity index (χ4n) is 2.35. The number of amides is 1. The third-order valence-electron chi connectivity index (χ3n) is 3.80. The summed E-state index contributed by atoms with van der Waals surface area (Å²) in [5.74, 6) is 1.46. The van der Waals surface area contributed by atoms with Gasteiger partial charge in [-0.25, -0.2) is 4.98 Å². The Hall–Kier alpha value is -2.31. The molecule has 1 aromatic carbocycles. The smallest absolute Gasteiger partial charge is 0.235 e. The van der Waals surface area contributed by atoms with Gasteiger partial charge >= 0.3 is 0 Å². The molecular weight excluding hydrogens is 380 g/mol. The van der Waals surface area contributed by atoms with E-state index in [0.29, 0.717) is 22.4 Å². The van der Waals surface area contributed by atoms with E-state index < -0.39 is 0 Å². The fraction of sp³-hybridized carbons (Fsp3) is 0.250. The van der Waals surface area contributed by atoms with Crippen molar-refractivity contribution in [2.45, 2.75) is 31.1 Å². The van der Waals surface area contributed by atoms with Crippen LogP contribution >= 0.6 is 23.4 Å². The first-order valence-electron chi connectivity index (χ1n) is 8.53. The molecule has 3 rings (SSSR count). The maximum absolute atomic E-state index is 12.5. The SMILES string of the molecule is CC(C)(C)c1cc(NC(=O)CSc2ccc(Cl)cc2)n(-c2ccccn2)n1. The van der Waals surface area contributed by atoms with Crippen molar-refractivity contribution in [3.05, 3.63) is 65.4 Å². The van der Waals surface area contributed by atoms with E-state index in [-0.39, 0.29) is 11.3 Å². The molecule has 3 aromatic rings. The van der Waals surface area contributed by atoms with E-state index in [2.05, 4.69) is 36.2 Å². The zero-order valence-corrected chi connectivity index (χ0v) is 17.0. The zero-order chi connectivity index (χ0) is 19.4. The van der Waals surface area contributed by atoms with Crippen LogP contribution in [0.5, 0.6) is 0 Å². The van der Waals surface area contributed by atoms with E-state index in [0.717, 1.165) is 10.6 Å². The summed E-state index contributed by atoms with van der Waals surface area (Å²) >= 11 is 7.35. The highest BCUT2D eigenvalue weighted by Crippen LogP contribution is 2.26. The number of carbonyl (C=O) groups excluding carboxylic acids is 1. The van der Waals surface area contributed by atoms with E-state index in [9.17, 15) is 4.79 Å². The van der Waals surface area contributed by atoms with Crippen LogP contribution in [0, 0.1) is 0 Å². The average Bonchev–Trinajstić information content (AvgIpc) is 3.06. The van der Waals surface area contributed by atoms with Crippen LogP contribution in [0.4, 0.5) is 5.82 Å². The predicted octanol–water partition coefficient (Wildman–Crippen LogP) is 4.95. The fourth-order valence-corrected chi connectivity index (χ4v) is 3.17. The normalized spacial score (nSPS) is 11.4. The Morgan fingerprint density at radius 1 is 1.19 bits per heavy atom. The molecule has 0 aliphatic heterocycles. The molecule has 1 amide bonds. The first-order valence-corrected chi connectivity index (χ1v) is 9.89. The van der Waals surface area contributed by atoms with E-state index >= 15 is 0 Å². The lowest BCUT2D eigenvalue weighted by Gasteiger charge is -2.13. The molecule has 0 aliphatic rings. The maximum atomic E-state index is 12.5. The second-order valence-electron chi connectivity index (χ2n) is 7.06. The van der Waals surface area contributed by atoms with Gasteiger partial charge in [0.05, 0.1) is 11.4 Å². The third kappa shape index (κ3) is 5.11. The lowest BCUT2D eigenvalue weighted by molar-refractivity contribution is -0.113. The van der Waals surface area contributed by atoms with Crippen molar-refractivity contribution in [3.8, 4) is 5.82 Å². The minimum atomic E-state index is -0.141. The Balaban J connectivity index is 1.77. The van der Waals surface area contributed by atoms with Gasteiger partial charge in [-0.05, 0) is 36.4 Å². The summed E-state index contributed by atoms with van der Waals surface area (Å²) in [6.45, 7) is 6.25. The number of nitrogens with one attached hydrogen (secondary N) is 1. The second-order valence-corrected chi connectivity index (χ2v) is 8.54. The molecule has 7 heteroatoms. The predicted molar refractivity (Wildman–Crippen MR) is 111 cm³/mol. The van der Waals surface area contributed by atoms with Gasteiger partial charge in [0.1, 0.15) is 5.82 Å². The van der Waals surface area contributed by atoms with Crippen molar-refractivity contribution >= 4 is 35.1 Å². The number of halogens is 1. The van der Waals surface area contributed by atoms with Crippen LogP contribution in [0.15, 0.2) is 59.6 Å². The molecule has 27 heavy (non-hydrogen) atoms. The van der Waals surface area contributed by atoms with Gasteiger partial charge in [-0.2, -0.15) is 9.78 Å². The molecule has 2 heterocycles. The lowest BCUT2D eigenvalue weighted by Crippen LogP contribution is -2.17. The van der Waals surface area contributed by atoms with Crippen LogP contribution in [0.2, 0.25) is 5.02 Å². The number of pyridine rings is 1. The molecule has 140 valence electrons. The summed E-state index contributed by atoms with van der Waals surface area (Å²) in [4.78, 5) is 17.8. The molecular formula is C20H21ClN4OS. The first kappa shape index (κ1) is 19.5. The van der Waals surface area contributed by atoms with Gasteiger partial charge in [0.25, 0.3) is 0 Å². The van der Waals surface area contributed by atoms with Crippen LogP contribution in [-0.2, 0) is 10.2 Å². The standard InChI is InChI=1S/C20H21ClN4OS/c1-20(2,3)16-12-18(25(24-16)17-6-4-5-11-22-17)23-19(26)13-27-15-9-7-14(21)8-10-15/h4-12H,13H2,1-3H3,(H,23,26). The molecule has 0 spiro atoms. The summed E-state index contributed by atoms with van der Waals surface area (Å²) in [5, 5.41) is 8.29. The summed E-state index contributed by atoms with van der Waals surface area (Å²) in [7, 11) is 0. The number of benzene rings is 1. The van der Waals surface area contributed by atoms with E-state index in [1.54, 1.807) is 10.9 Å². The molecule has 2 aromatic heterocycles. The van der Waals surface area contributed by atoms with E-state index in [1.807, 2.05) is 48.5 Å². The van der Waals surface area contributed by atoms with E-state index in [1.165, 1.54) is 11.8 Å². The van der Waals surface area contributed by atoms with Crippen molar-refractivity contribution in [1.82, 2.24) is 14.8 Å². The van der Waals surface area contributed by atoms with Crippen molar-refractivity contribution < 1.29 is 4.79 Å². The minimum absolute atomic E-state index is 0.104. The van der Waals surface area contributed by atoms with Gasteiger partial charge in [0.2, 0.25) is 5.91 Å². The molecule has 0 aliphatic carbocycles. The summed E-state index contributed by atoms with van der Waals surface area (Å²) < 4.78 is 1.67. The van der Waals surface area contributed by atoms with Gasteiger partial charge in [-0.15, -0.1) is 11.8 Å². The number of aromatic nitrogens is 3. The largest absolute Gasteiger partial charge is 0.310 e. The molecule has 0 radical (unpaired) electrons. The number of thioether (sulfide) groups is 1. The van der Waals surface area contributed by atoms with Crippen LogP contribution in [-0.4, -0.2) is 26.4 Å². The van der Waals surface area contributed by atoms with Crippen LogP contribution in [0.1, 0.15) is 26.5 Å². The number of rotatable bonds is 5. The van der Waals surface area contributed by atoms with Crippen molar-refractivity contribution in [2.24, 2.45) is 0 Å². The Kier molecular flexibility index (Phi) is 5.87. The molecule has 0 atom stereocenters. The summed E-state index contributed by atoms with van der Waals surface area (Å²) in [6, 6.07) is 14.9. The summed E-state index contributed by atoms with van der Waals surface area (Å²) in [5.41, 5.74) is 0.742. The number of nitrogens with zero attached hydrogens (tertiary/aromatic N) is 3. The van der Waals surface area contributed by atoms with Crippen molar-refractivity contribution in [2.75, 3.05) is 11.1 Å². The minimum Gasteiger partial charge on any atom is -0.310 e. The van der Waals surface area contributed by atoms with Gasteiger partial charge in [-0.1, -0.05) is 38.4 Å². The first-order chi connectivity index (χ1) is 12.8. The van der Waals surface area contributed by atoms with Gasteiger partial charge in [0.15, 0.2) is 5.82 Å². The van der Waals surface area contributed by atoms with Crippen molar-refractivity contribution in [3.63, 3.8) is 0 Å². The summed E-state index contributed by atoms with van der Waals surface area (Å²) in [6.07, 6.45) is 1.70. The Labute approximate surface area is 168 Å². The van der Waals surface area contributed by atoms with E-state index in [4.69, 9.17) is 11.6 Å². The van der Waals surface area contributed by atoms with Crippen molar-refractivity contribution in [1.29, 1.82) is 0 Å². The van der Waals surface area contributed by atoms with Gasteiger partial charge < -0.3 is 5.32 Å². The van der Waals surface area contributed by atoms with Crippen LogP contribution in [0.3, 0.4) is 0 Å². The number of hydrogen-bond donors (Lipinski definition) is 1. The molecule has 0 unspecified atom stereocenters. The Morgan fingerprint density at radius 3 is 2.56 bits per heavy atom. The Morgan fingerprint density at radius 2 is 1.93 bits per heavy atom.